The third kappa shape index (κ3) is 4.52. The zero-order chi connectivity index (χ0) is 25.1. The molecule has 4 rings (SSSR count). The molecule has 16 heteroatoms. The second kappa shape index (κ2) is 7.78. The number of fused-ring (bicyclic) bond motifs is 1. The number of aromatic nitrogens is 3. The van der Waals surface area contributed by atoms with Crippen LogP contribution in [0.5, 0.6) is 0 Å². The Morgan fingerprint density at radius 2 is 1.59 bits per heavy atom. The van der Waals surface area contributed by atoms with Crippen LogP contribution in [0.4, 0.5) is 36.6 Å². The highest BCUT2D eigenvalue weighted by Gasteiger charge is 2.48. The molecule has 2 aromatic heterocycles. The molecule has 3 aromatic rings. The van der Waals surface area contributed by atoms with Crippen LogP contribution < -0.4 is 10.5 Å². The quantitative estimate of drug-likeness (QED) is 0.512. The molecule has 0 radical (unpaired) electrons. The fourth-order valence-electron chi connectivity index (χ4n) is 3.65. The Kier molecular flexibility index (Phi) is 5.52. The molecule has 0 saturated carbocycles. The molecule has 0 unspecified atom stereocenters. The summed E-state index contributed by atoms with van der Waals surface area (Å²) in [7, 11) is -4.08. The maximum absolute atomic E-state index is 13.4. The van der Waals surface area contributed by atoms with Crippen molar-refractivity contribution in [2.24, 2.45) is 5.14 Å². The third-order valence-electron chi connectivity index (χ3n) is 5.39. The van der Waals surface area contributed by atoms with Crippen LogP contribution in [0.2, 0.25) is 0 Å². The standard InChI is InChI=1S/C18H15F7N6O2S/c19-11-3-1-10(2-4-11)16(8-30(9-16)34(26,32)33)7-27-14-5-12(17(20,21)22)28-15-6-13(18(23,24)25)29-31(14)15/h1-6,27H,7-9H2,(H2,26,32,33). The summed E-state index contributed by atoms with van der Waals surface area (Å²) in [4.78, 5) is 3.22. The Hall–Kier alpha value is -2.98. The van der Waals surface area contributed by atoms with E-state index < -0.39 is 56.6 Å². The summed E-state index contributed by atoms with van der Waals surface area (Å²) >= 11 is 0. The Balaban J connectivity index is 1.73. The molecule has 1 fully saturated rings. The number of nitrogens with two attached hydrogens (primary N) is 1. The van der Waals surface area contributed by atoms with Crippen LogP contribution in [0.25, 0.3) is 5.65 Å². The summed E-state index contributed by atoms with van der Waals surface area (Å²) in [5.74, 6) is -1.03. The van der Waals surface area contributed by atoms with E-state index in [1.54, 1.807) is 0 Å². The van der Waals surface area contributed by atoms with Crippen molar-refractivity contribution >= 4 is 21.7 Å². The van der Waals surface area contributed by atoms with Crippen molar-refractivity contribution in [3.63, 3.8) is 0 Å². The van der Waals surface area contributed by atoms with Gasteiger partial charge in [0.15, 0.2) is 17.0 Å². The predicted octanol–water partition coefficient (Wildman–Crippen LogP) is 2.78. The van der Waals surface area contributed by atoms with Crippen LogP contribution in [0.15, 0.2) is 36.4 Å². The second-order valence-electron chi connectivity index (χ2n) is 7.78. The van der Waals surface area contributed by atoms with E-state index in [9.17, 15) is 39.2 Å². The smallest absolute Gasteiger partial charge is 0.369 e. The number of hydrogen-bond donors (Lipinski definition) is 2. The van der Waals surface area contributed by atoms with Crippen molar-refractivity contribution < 1.29 is 39.2 Å². The van der Waals surface area contributed by atoms with Crippen LogP contribution in [0.1, 0.15) is 17.0 Å². The molecular formula is C18H15F7N6O2S. The molecule has 1 aliphatic rings. The van der Waals surface area contributed by atoms with Crippen LogP contribution in [-0.2, 0) is 28.0 Å². The van der Waals surface area contributed by atoms with Crippen molar-refractivity contribution in [1.29, 1.82) is 0 Å². The third-order valence-corrected chi connectivity index (χ3v) is 6.37. The zero-order valence-corrected chi connectivity index (χ0v) is 17.6. The van der Waals surface area contributed by atoms with Gasteiger partial charge < -0.3 is 5.32 Å². The molecule has 3 N–H and O–H groups in total. The summed E-state index contributed by atoms with van der Waals surface area (Å²) in [5.41, 5.74) is -4.21. The van der Waals surface area contributed by atoms with E-state index in [4.69, 9.17) is 5.14 Å². The van der Waals surface area contributed by atoms with Gasteiger partial charge in [-0.15, -0.1) is 0 Å². The van der Waals surface area contributed by atoms with Gasteiger partial charge in [-0.05, 0) is 17.7 Å². The first kappa shape index (κ1) is 24.2. The Bertz CT molecular complexity index is 1330. The van der Waals surface area contributed by atoms with Crippen LogP contribution in [-0.4, -0.2) is 47.0 Å². The monoisotopic (exact) mass is 512 g/mol. The number of anilines is 1. The van der Waals surface area contributed by atoms with Gasteiger partial charge in [-0.3, -0.25) is 0 Å². The molecule has 184 valence electrons. The molecule has 3 heterocycles. The number of nitrogens with one attached hydrogen (secondary N) is 1. The number of nitrogens with zero attached hydrogens (tertiary/aromatic N) is 4. The Labute approximate surface area is 187 Å². The molecule has 1 aromatic carbocycles. The minimum Gasteiger partial charge on any atom is -0.369 e. The van der Waals surface area contributed by atoms with Crippen molar-refractivity contribution in [3.05, 3.63) is 59.2 Å². The van der Waals surface area contributed by atoms with E-state index >= 15 is 0 Å². The van der Waals surface area contributed by atoms with Crippen LogP contribution in [0.3, 0.4) is 0 Å². The number of benzene rings is 1. The SMILES string of the molecule is NS(=O)(=O)N1CC(CNc2cc(C(F)(F)F)nc3cc(C(F)(F)F)nn23)(c2ccc(F)cc2)C1. The fourth-order valence-corrected chi connectivity index (χ4v) is 4.51. The molecule has 1 aliphatic heterocycles. The summed E-state index contributed by atoms with van der Waals surface area (Å²) in [6.45, 7) is -0.627. The van der Waals surface area contributed by atoms with E-state index in [0.29, 0.717) is 22.2 Å². The maximum Gasteiger partial charge on any atom is 0.435 e. The lowest BCUT2D eigenvalue weighted by Crippen LogP contribution is -2.65. The molecule has 0 amide bonds. The first-order chi connectivity index (χ1) is 15.6. The highest BCUT2D eigenvalue weighted by atomic mass is 32.2. The highest BCUT2D eigenvalue weighted by Crippen LogP contribution is 2.37. The van der Waals surface area contributed by atoms with Gasteiger partial charge in [0.25, 0.3) is 10.2 Å². The van der Waals surface area contributed by atoms with Crippen molar-refractivity contribution in [2.75, 3.05) is 25.0 Å². The predicted molar refractivity (Wildman–Crippen MR) is 104 cm³/mol. The second-order valence-corrected chi connectivity index (χ2v) is 9.32. The number of hydrogen-bond acceptors (Lipinski definition) is 5. The van der Waals surface area contributed by atoms with E-state index in [0.717, 1.165) is 16.4 Å². The number of alkyl halides is 6. The van der Waals surface area contributed by atoms with Crippen LogP contribution in [0, 0.1) is 5.82 Å². The van der Waals surface area contributed by atoms with E-state index in [1.165, 1.54) is 12.1 Å². The van der Waals surface area contributed by atoms with Crippen molar-refractivity contribution in [3.8, 4) is 0 Å². The van der Waals surface area contributed by atoms with Crippen molar-refractivity contribution in [1.82, 2.24) is 18.9 Å². The Morgan fingerprint density at radius 1 is 1.00 bits per heavy atom. The molecule has 0 aliphatic carbocycles. The summed E-state index contributed by atoms with van der Waals surface area (Å²) < 4.78 is 117. The van der Waals surface area contributed by atoms with Gasteiger partial charge in [-0.25, -0.2) is 14.5 Å². The van der Waals surface area contributed by atoms with E-state index in [2.05, 4.69) is 15.4 Å². The first-order valence-corrected chi connectivity index (χ1v) is 10.9. The van der Waals surface area contributed by atoms with Gasteiger partial charge >= 0.3 is 12.4 Å². The number of rotatable bonds is 5. The molecule has 34 heavy (non-hydrogen) atoms. The molecule has 8 nitrogen and oxygen atoms in total. The summed E-state index contributed by atoms with van der Waals surface area (Å²) in [6.07, 6.45) is -9.89. The topological polar surface area (TPSA) is 106 Å². The van der Waals surface area contributed by atoms with Gasteiger partial charge in [0.1, 0.15) is 11.6 Å². The van der Waals surface area contributed by atoms with Gasteiger partial charge in [-0.2, -0.15) is 48.7 Å². The summed E-state index contributed by atoms with van der Waals surface area (Å²) in [5, 5.41) is 11.1. The molecule has 0 atom stereocenters. The molecule has 0 bridgehead atoms. The zero-order valence-electron chi connectivity index (χ0n) is 16.8. The lowest BCUT2D eigenvalue weighted by molar-refractivity contribution is -0.142. The average molecular weight is 512 g/mol. The normalized spacial score (nSPS) is 17.1. The molecule has 0 spiro atoms. The van der Waals surface area contributed by atoms with E-state index in [-0.39, 0.29) is 19.6 Å². The Morgan fingerprint density at radius 3 is 2.12 bits per heavy atom. The number of halogens is 7. The van der Waals surface area contributed by atoms with Gasteiger partial charge in [0.2, 0.25) is 0 Å². The molecular weight excluding hydrogens is 497 g/mol. The largest absolute Gasteiger partial charge is 0.435 e. The average Bonchev–Trinajstić information content (AvgIpc) is 3.11. The minimum atomic E-state index is -4.96. The van der Waals surface area contributed by atoms with E-state index in [1.807, 2.05) is 0 Å². The highest BCUT2D eigenvalue weighted by molar-refractivity contribution is 7.86. The minimum absolute atomic E-state index is 0.197. The first-order valence-electron chi connectivity index (χ1n) is 9.42. The van der Waals surface area contributed by atoms with Gasteiger partial charge in [0, 0.05) is 37.2 Å². The maximum atomic E-state index is 13.4. The lowest BCUT2D eigenvalue weighted by atomic mass is 9.75. The van der Waals surface area contributed by atoms with Gasteiger partial charge in [0.05, 0.1) is 0 Å². The lowest BCUT2D eigenvalue weighted by Gasteiger charge is -2.49. The van der Waals surface area contributed by atoms with Crippen molar-refractivity contribution in [2.45, 2.75) is 17.8 Å². The molecule has 1 saturated heterocycles. The van der Waals surface area contributed by atoms with Crippen LogP contribution >= 0.6 is 0 Å². The van der Waals surface area contributed by atoms with Gasteiger partial charge in [-0.1, -0.05) is 12.1 Å². The summed E-state index contributed by atoms with van der Waals surface area (Å²) in [6, 6.07) is 5.85. The fraction of sp³-hybridized carbons (Fsp3) is 0.333.